The van der Waals surface area contributed by atoms with Gasteiger partial charge in [0.25, 0.3) is 11.6 Å². The Morgan fingerprint density at radius 1 is 1.58 bits per heavy atom. The molecule has 1 N–H and O–H groups in total. The van der Waals surface area contributed by atoms with E-state index in [4.69, 9.17) is 4.74 Å². The van der Waals surface area contributed by atoms with Gasteiger partial charge in [-0.1, -0.05) is 0 Å². The molecule has 0 aliphatic carbocycles. The first-order chi connectivity index (χ1) is 9.08. The molecule has 1 amide bonds. The summed E-state index contributed by atoms with van der Waals surface area (Å²) in [6, 6.07) is 4.30. The van der Waals surface area contributed by atoms with Crippen LogP contribution in [0.1, 0.15) is 23.2 Å². The largest absolute Gasteiger partial charge is 0.376 e. The molecule has 102 valence electrons. The number of halogens is 1. The molecule has 1 fully saturated rings. The van der Waals surface area contributed by atoms with Crippen LogP contribution in [0.4, 0.5) is 5.69 Å². The van der Waals surface area contributed by atoms with Crippen LogP contribution in [0.3, 0.4) is 0 Å². The standard InChI is InChI=1S/C12H13BrN2O4/c13-10-4-3-8(6-11(10)15(17)18)12(16)14-7-9-2-1-5-19-9/h3-4,6,9H,1-2,5,7H2,(H,14,16)/t9-/m1/s1. The minimum atomic E-state index is -0.527. The van der Waals surface area contributed by atoms with Gasteiger partial charge in [0.15, 0.2) is 0 Å². The van der Waals surface area contributed by atoms with Crippen molar-refractivity contribution < 1.29 is 14.5 Å². The van der Waals surface area contributed by atoms with Crippen LogP contribution in [0.25, 0.3) is 0 Å². The first kappa shape index (κ1) is 14.0. The third-order valence-electron chi connectivity index (χ3n) is 2.92. The number of amides is 1. The van der Waals surface area contributed by atoms with E-state index in [-0.39, 0.29) is 23.3 Å². The fourth-order valence-electron chi connectivity index (χ4n) is 1.91. The zero-order chi connectivity index (χ0) is 13.8. The van der Waals surface area contributed by atoms with Crippen LogP contribution in [-0.2, 0) is 4.74 Å². The molecule has 6 nitrogen and oxygen atoms in total. The maximum atomic E-state index is 11.9. The van der Waals surface area contributed by atoms with Crippen molar-refractivity contribution in [2.24, 2.45) is 0 Å². The number of ether oxygens (including phenoxy) is 1. The van der Waals surface area contributed by atoms with Crippen molar-refractivity contribution in [1.29, 1.82) is 0 Å². The summed E-state index contributed by atoms with van der Waals surface area (Å²) in [7, 11) is 0. The van der Waals surface area contributed by atoms with Crippen molar-refractivity contribution in [3.05, 3.63) is 38.3 Å². The molecule has 1 aliphatic rings. The molecule has 0 saturated carbocycles. The molecule has 1 saturated heterocycles. The van der Waals surface area contributed by atoms with E-state index < -0.39 is 4.92 Å². The van der Waals surface area contributed by atoms with Gasteiger partial charge in [0, 0.05) is 24.8 Å². The smallest absolute Gasteiger partial charge is 0.284 e. The minimum Gasteiger partial charge on any atom is -0.376 e. The van der Waals surface area contributed by atoms with Crippen LogP contribution < -0.4 is 5.32 Å². The number of nitrogens with one attached hydrogen (secondary N) is 1. The molecular weight excluding hydrogens is 316 g/mol. The quantitative estimate of drug-likeness (QED) is 0.679. The fourth-order valence-corrected chi connectivity index (χ4v) is 2.30. The maximum Gasteiger partial charge on any atom is 0.284 e. The average Bonchev–Trinajstić information content (AvgIpc) is 2.89. The van der Waals surface area contributed by atoms with Crippen LogP contribution in [0.2, 0.25) is 0 Å². The van der Waals surface area contributed by atoms with Crippen molar-refractivity contribution in [1.82, 2.24) is 5.32 Å². The van der Waals surface area contributed by atoms with Gasteiger partial charge in [-0.15, -0.1) is 0 Å². The summed E-state index contributed by atoms with van der Waals surface area (Å²) in [6.45, 7) is 1.16. The van der Waals surface area contributed by atoms with Gasteiger partial charge in [0.2, 0.25) is 0 Å². The molecule has 1 aliphatic heterocycles. The lowest BCUT2D eigenvalue weighted by molar-refractivity contribution is -0.385. The molecule has 2 rings (SSSR count). The molecule has 0 bridgehead atoms. The highest BCUT2D eigenvalue weighted by Gasteiger charge is 2.19. The molecule has 0 radical (unpaired) electrons. The van der Waals surface area contributed by atoms with Crippen LogP contribution in [0.15, 0.2) is 22.7 Å². The van der Waals surface area contributed by atoms with E-state index in [1.807, 2.05) is 0 Å². The molecule has 0 spiro atoms. The summed E-state index contributed by atoms with van der Waals surface area (Å²) < 4.78 is 5.74. The lowest BCUT2D eigenvalue weighted by Gasteiger charge is -2.10. The first-order valence-electron chi connectivity index (χ1n) is 5.91. The van der Waals surface area contributed by atoms with Gasteiger partial charge < -0.3 is 10.1 Å². The zero-order valence-corrected chi connectivity index (χ0v) is 11.7. The number of rotatable bonds is 4. The second kappa shape index (κ2) is 6.12. The van der Waals surface area contributed by atoms with E-state index in [0.717, 1.165) is 19.4 Å². The summed E-state index contributed by atoms with van der Waals surface area (Å²) in [5, 5.41) is 13.5. The minimum absolute atomic E-state index is 0.0504. The second-order valence-corrected chi connectivity index (χ2v) is 5.12. The predicted molar refractivity (Wildman–Crippen MR) is 72.1 cm³/mol. The lowest BCUT2D eigenvalue weighted by atomic mass is 10.2. The van der Waals surface area contributed by atoms with Crippen molar-refractivity contribution in [3.8, 4) is 0 Å². The third-order valence-corrected chi connectivity index (χ3v) is 3.59. The Bertz CT molecular complexity index is 501. The van der Waals surface area contributed by atoms with Crippen molar-refractivity contribution in [2.45, 2.75) is 18.9 Å². The molecule has 1 aromatic rings. The van der Waals surface area contributed by atoms with Gasteiger partial charge in [0.1, 0.15) is 0 Å². The first-order valence-corrected chi connectivity index (χ1v) is 6.71. The number of nitro groups is 1. The van der Waals surface area contributed by atoms with Crippen LogP contribution in [-0.4, -0.2) is 30.1 Å². The summed E-state index contributed by atoms with van der Waals surface area (Å²) in [4.78, 5) is 22.1. The van der Waals surface area contributed by atoms with Gasteiger partial charge >= 0.3 is 0 Å². The molecule has 7 heteroatoms. The van der Waals surface area contributed by atoms with Crippen LogP contribution in [0.5, 0.6) is 0 Å². The SMILES string of the molecule is O=C(NC[C@H]1CCCO1)c1ccc(Br)c([N+](=O)[O-])c1. The summed E-state index contributed by atoms with van der Waals surface area (Å²) in [6.07, 6.45) is 1.99. The number of nitro benzene ring substituents is 1. The van der Waals surface area contributed by atoms with Gasteiger partial charge in [-0.3, -0.25) is 14.9 Å². The van der Waals surface area contributed by atoms with Crippen LogP contribution in [0, 0.1) is 10.1 Å². The molecular formula is C12H13BrN2O4. The second-order valence-electron chi connectivity index (χ2n) is 4.27. The van der Waals surface area contributed by atoms with E-state index in [2.05, 4.69) is 21.2 Å². The normalized spacial score (nSPS) is 18.3. The number of hydrogen-bond acceptors (Lipinski definition) is 4. The number of carbonyl (C=O) groups is 1. The summed E-state index contributed by atoms with van der Waals surface area (Å²) in [5.74, 6) is -0.328. The van der Waals surface area contributed by atoms with E-state index in [1.165, 1.54) is 12.1 Å². The Hall–Kier alpha value is -1.47. The Morgan fingerprint density at radius 2 is 2.37 bits per heavy atom. The number of benzene rings is 1. The van der Waals surface area contributed by atoms with Gasteiger partial charge in [-0.25, -0.2) is 0 Å². The Labute approximate surface area is 118 Å². The number of nitrogens with zero attached hydrogens (tertiary/aromatic N) is 1. The Morgan fingerprint density at radius 3 is 3.00 bits per heavy atom. The van der Waals surface area contributed by atoms with E-state index in [0.29, 0.717) is 11.0 Å². The summed E-state index contributed by atoms with van der Waals surface area (Å²) >= 11 is 3.08. The molecule has 0 unspecified atom stereocenters. The monoisotopic (exact) mass is 328 g/mol. The van der Waals surface area contributed by atoms with Crippen molar-refractivity contribution >= 4 is 27.5 Å². The topological polar surface area (TPSA) is 81.5 Å². The highest BCUT2D eigenvalue weighted by Crippen LogP contribution is 2.25. The lowest BCUT2D eigenvalue weighted by Crippen LogP contribution is -2.31. The zero-order valence-electron chi connectivity index (χ0n) is 10.1. The average molecular weight is 329 g/mol. The third kappa shape index (κ3) is 3.51. The van der Waals surface area contributed by atoms with Gasteiger partial charge in [-0.05, 0) is 40.9 Å². The van der Waals surface area contributed by atoms with Gasteiger partial charge in [-0.2, -0.15) is 0 Å². The van der Waals surface area contributed by atoms with Crippen LogP contribution >= 0.6 is 15.9 Å². The fraction of sp³-hybridized carbons (Fsp3) is 0.417. The molecule has 1 heterocycles. The highest BCUT2D eigenvalue weighted by atomic mass is 79.9. The highest BCUT2D eigenvalue weighted by molar-refractivity contribution is 9.10. The Kier molecular flexibility index (Phi) is 4.49. The molecule has 1 atom stereocenters. The van der Waals surface area contributed by atoms with E-state index >= 15 is 0 Å². The van der Waals surface area contributed by atoms with Crippen molar-refractivity contribution in [2.75, 3.05) is 13.2 Å². The molecule has 0 aromatic heterocycles. The Balaban J connectivity index is 2.02. The maximum absolute atomic E-state index is 11.9. The molecule has 1 aromatic carbocycles. The predicted octanol–water partition coefficient (Wildman–Crippen LogP) is 2.27. The van der Waals surface area contributed by atoms with Crippen molar-refractivity contribution in [3.63, 3.8) is 0 Å². The number of carbonyl (C=O) groups excluding carboxylic acids is 1. The molecule has 19 heavy (non-hydrogen) atoms. The number of hydrogen-bond donors (Lipinski definition) is 1. The van der Waals surface area contributed by atoms with E-state index in [1.54, 1.807) is 6.07 Å². The summed E-state index contributed by atoms with van der Waals surface area (Å²) in [5.41, 5.74) is 0.151. The van der Waals surface area contributed by atoms with E-state index in [9.17, 15) is 14.9 Å². The van der Waals surface area contributed by atoms with Gasteiger partial charge in [0.05, 0.1) is 15.5 Å².